The molecule has 4 rings (SSSR count). The van der Waals surface area contributed by atoms with Crippen LogP contribution in [0.1, 0.15) is 6.92 Å². The van der Waals surface area contributed by atoms with Gasteiger partial charge in [-0.1, -0.05) is 54.1 Å². The first kappa shape index (κ1) is 19.7. The van der Waals surface area contributed by atoms with Crippen LogP contribution in [0.15, 0.2) is 83.3 Å². The summed E-state index contributed by atoms with van der Waals surface area (Å²) >= 11 is 6.11. The Morgan fingerprint density at radius 2 is 1.60 bits per heavy atom. The number of amides is 1. The van der Waals surface area contributed by atoms with Crippen LogP contribution in [-0.2, 0) is 4.79 Å². The molecule has 1 heterocycles. The molecule has 0 aliphatic rings. The zero-order valence-corrected chi connectivity index (χ0v) is 16.8. The molecular weight excluding hydrogens is 402 g/mol. The lowest BCUT2D eigenvalue weighted by Gasteiger charge is -2.16. The monoisotopic (exact) mass is 419 g/mol. The molecule has 0 spiro atoms. The van der Waals surface area contributed by atoms with Crippen molar-refractivity contribution in [3.05, 3.63) is 83.9 Å². The molecule has 1 amide bonds. The normalized spacial score (nSPS) is 11.7. The Hall–Kier alpha value is -3.64. The van der Waals surface area contributed by atoms with Gasteiger partial charge < -0.3 is 14.5 Å². The molecule has 0 radical (unpaired) electrons. The fourth-order valence-corrected chi connectivity index (χ4v) is 3.00. The van der Waals surface area contributed by atoms with Crippen LogP contribution in [0.25, 0.3) is 22.9 Å². The number of nitrogens with one attached hydrogen (secondary N) is 1. The lowest BCUT2D eigenvalue weighted by molar-refractivity contribution is -0.122. The van der Waals surface area contributed by atoms with Crippen LogP contribution in [-0.4, -0.2) is 22.2 Å². The largest absolute Gasteiger partial charge is 0.480 e. The highest BCUT2D eigenvalue weighted by Crippen LogP contribution is 2.31. The summed E-state index contributed by atoms with van der Waals surface area (Å²) in [5, 5.41) is 11.5. The van der Waals surface area contributed by atoms with E-state index in [1.165, 1.54) is 0 Å². The number of para-hydroxylation sites is 2. The second-order valence-electron chi connectivity index (χ2n) is 6.50. The van der Waals surface area contributed by atoms with Gasteiger partial charge in [0.1, 0.15) is 5.75 Å². The molecule has 0 saturated heterocycles. The van der Waals surface area contributed by atoms with Gasteiger partial charge in [-0.2, -0.15) is 0 Å². The minimum atomic E-state index is -0.779. The van der Waals surface area contributed by atoms with Gasteiger partial charge >= 0.3 is 0 Å². The number of aromatic nitrogens is 2. The van der Waals surface area contributed by atoms with Gasteiger partial charge in [0, 0.05) is 5.56 Å². The topological polar surface area (TPSA) is 77.2 Å². The second-order valence-corrected chi connectivity index (χ2v) is 6.91. The van der Waals surface area contributed by atoms with E-state index >= 15 is 0 Å². The minimum Gasteiger partial charge on any atom is -0.480 e. The van der Waals surface area contributed by atoms with E-state index < -0.39 is 6.10 Å². The number of carbonyl (C=O) groups is 1. The SMILES string of the molecule is C[C@H](Oc1ccccc1-c1nnc(-c2ccccc2)o1)C(=O)Nc1ccccc1Cl. The van der Waals surface area contributed by atoms with Crippen LogP contribution in [0.4, 0.5) is 5.69 Å². The van der Waals surface area contributed by atoms with Gasteiger partial charge in [-0.25, -0.2) is 0 Å². The van der Waals surface area contributed by atoms with Crippen LogP contribution >= 0.6 is 11.6 Å². The Morgan fingerprint density at radius 3 is 2.40 bits per heavy atom. The lowest BCUT2D eigenvalue weighted by atomic mass is 10.2. The Labute approximate surface area is 178 Å². The molecule has 0 aliphatic carbocycles. The number of ether oxygens (including phenoxy) is 1. The molecule has 7 heteroatoms. The van der Waals surface area contributed by atoms with Gasteiger partial charge in [0.15, 0.2) is 6.10 Å². The Balaban J connectivity index is 1.53. The number of hydrogen-bond donors (Lipinski definition) is 1. The number of rotatable bonds is 6. The van der Waals surface area contributed by atoms with Crippen molar-refractivity contribution >= 4 is 23.2 Å². The molecule has 1 N–H and O–H groups in total. The summed E-state index contributed by atoms with van der Waals surface area (Å²) in [7, 11) is 0. The van der Waals surface area contributed by atoms with Gasteiger partial charge in [-0.05, 0) is 43.3 Å². The smallest absolute Gasteiger partial charge is 0.265 e. The van der Waals surface area contributed by atoms with Crippen LogP contribution in [0, 0.1) is 0 Å². The fraction of sp³-hybridized carbons (Fsp3) is 0.0870. The van der Waals surface area contributed by atoms with E-state index in [1.54, 1.807) is 43.3 Å². The van der Waals surface area contributed by atoms with E-state index in [9.17, 15) is 4.79 Å². The number of carbonyl (C=O) groups excluding carboxylic acids is 1. The molecule has 3 aromatic carbocycles. The van der Waals surface area contributed by atoms with Crippen molar-refractivity contribution in [2.45, 2.75) is 13.0 Å². The molecule has 150 valence electrons. The van der Waals surface area contributed by atoms with E-state index in [-0.39, 0.29) is 5.91 Å². The number of halogens is 1. The van der Waals surface area contributed by atoms with Gasteiger partial charge in [-0.15, -0.1) is 10.2 Å². The molecular formula is C23H18ClN3O3. The predicted molar refractivity (Wildman–Crippen MR) is 115 cm³/mol. The van der Waals surface area contributed by atoms with Crippen molar-refractivity contribution in [1.82, 2.24) is 10.2 Å². The highest BCUT2D eigenvalue weighted by molar-refractivity contribution is 6.33. The summed E-state index contributed by atoms with van der Waals surface area (Å²) in [6.07, 6.45) is -0.779. The Morgan fingerprint density at radius 1 is 0.933 bits per heavy atom. The van der Waals surface area contributed by atoms with Gasteiger partial charge in [0.05, 0.1) is 16.3 Å². The highest BCUT2D eigenvalue weighted by atomic mass is 35.5. The summed E-state index contributed by atoms with van der Waals surface area (Å²) < 4.78 is 11.7. The average molecular weight is 420 g/mol. The van der Waals surface area contributed by atoms with Crippen molar-refractivity contribution in [3.8, 4) is 28.7 Å². The molecule has 0 saturated carbocycles. The molecule has 0 bridgehead atoms. The number of benzene rings is 3. The van der Waals surface area contributed by atoms with Crippen molar-refractivity contribution in [3.63, 3.8) is 0 Å². The molecule has 0 unspecified atom stereocenters. The first-order chi connectivity index (χ1) is 14.6. The minimum absolute atomic E-state index is 0.308. The predicted octanol–water partition coefficient (Wildman–Crippen LogP) is 5.46. The number of anilines is 1. The molecule has 1 aromatic heterocycles. The van der Waals surface area contributed by atoms with E-state index in [1.807, 2.05) is 42.5 Å². The first-order valence-corrected chi connectivity index (χ1v) is 9.70. The molecule has 6 nitrogen and oxygen atoms in total. The summed E-state index contributed by atoms with van der Waals surface area (Å²) in [5.41, 5.74) is 1.95. The average Bonchev–Trinajstić information content (AvgIpc) is 3.26. The quantitative estimate of drug-likeness (QED) is 0.448. The summed E-state index contributed by atoms with van der Waals surface area (Å²) in [6, 6.07) is 23.7. The van der Waals surface area contributed by atoms with E-state index in [0.717, 1.165) is 5.56 Å². The third kappa shape index (κ3) is 4.34. The zero-order chi connectivity index (χ0) is 20.9. The maximum absolute atomic E-state index is 12.6. The molecule has 30 heavy (non-hydrogen) atoms. The Kier molecular flexibility index (Phi) is 5.77. The van der Waals surface area contributed by atoms with E-state index in [2.05, 4.69) is 15.5 Å². The van der Waals surface area contributed by atoms with E-state index in [0.29, 0.717) is 33.8 Å². The summed E-state index contributed by atoms with van der Waals surface area (Å²) in [5.74, 6) is 0.851. The van der Waals surface area contributed by atoms with Crippen LogP contribution in [0.2, 0.25) is 5.02 Å². The maximum Gasteiger partial charge on any atom is 0.265 e. The van der Waals surface area contributed by atoms with Crippen LogP contribution in [0.5, 0.6) is 5.75 Å². The van der Waals surface area contributed by atoms with Gasteiger partial charge in [0.2, 0.25) is 5.89 Å². The molecule has 0 aliphatic heterocycles. The van der Waals surface area contributed by atoms with Crippen molar-refractivity contribution in [2.24, 2.45) is 0 Å². The first-order valence-electron chi connectivity index (χ1n) is 9.32. The summed E-state index contributed by atoms with van der Waals surface area (Å²) in [6.45, 7) is 1.66. The van der Waals surface area contributed by atoms with Crippen molar-refractivity contribution in [2.75, 3.05) is 5.32 Å². The van der Waals surface area contributed by atoms with Crippen LogP contribution < -0.4 is 10.1 Å². The molecule has 4 aromatic rings. The number of hydrogen-bond acceptors (Lipinski definition) is 5. The van der Waals surface area contributed by atoms with Crippen molar-refractivity contribution in [1.29, 1.82) is 0 Å². The standard InChI is InChI=1S/C23H18ClN3O3/c1-15(21(28)25-19-13-7-6-12-18(19)24)29-20-14-8-5-11-17(20)23-27-26-22(30-23)16-9-3-2-4-10-16/h2-15H,1H3,(H,25,28)/t15-/m0/s1. The summed E-state index contributed by atoms with van der Waals surface area (Å²) in [4.78, 5) is 12.6. The van der Waals surface area contributed by atoms with Gasteiger partial charge in [0.25, 0.3) is 11.8 Å². The fourth-order valence-electron chi connectivity index (χ4n) is 2.82. The van der Waals surface area contributed by atoms with Crippen LogP contribution in [0.3, 0.4) is 0 Å². The molecule has 1 atom stereocenters. The second kappa shape index (κ2) is 8.80. The third-order valence-electron chi connectivity index (χ3n) is 4.37. The third-order valence-corrected chi connectivity index (χ3v) is 4.70. The maximum atomic E-state index is 12.6. The molecule has 0 fully saturated rings. The number of nitrogens with zero attached hydrogens (tertiary/aromatic N) is 2. The van der Waals surface area contributed by atoms with Crippen molar-refractivity contribution < 1.29 is 13.9 Å². The zero-order valence-electron chi connectivity index (χ0n) is 16.1. The Bertz CT molecular complexity index is 1160. The van der Waals surface area contributed by atoms with Gasteiger partial charge in [-0.3, -0.25) is 4.79 Å². The highest BCUT2D eigenvalue weighted by Gasteiger charge is 2.20. The van der Waals surface area contributed by atoms with E-state index in [4.69, 9.17) is 20.8 Å². The lowest BCUT2D eigenvalue weighted by Crippen LogP contribution is -2.30.